The first-order chi connectivity index (χ1) is 4.62. The molecule has 0 rings (SSSR count). The zero-order valence-electron chi connectivity index (χ0n) is 6.79. The molecule has 62 valence electrons. The summed E-state index contributed by atoms with van der Waals surface area (Å²) in [5, 5.41) is 0. The Balaban J connectivity index is 3.28. The highest BCUT2D eigenvalue weighted by Crippen LogP contribution is 2.36. The number of hydrogen-bond donors (Lipinski definition) is 0. The third-order valence-electron chi connectivity index (χ3n) is 1.66. The summed E-state index contributed by atoms with van der Waals surface area (Å²) in [6.07, 6.45) is 6.80. The highest BCUT2D eigenvalue weighted by atomic mass is 127. The summed E-state index contributed by atoms with van der Waals surface area (Å²) in [5.74, 6) is 0. The van der Waals surface area contributed by atoms with Gasteiger partial charge in [0.25, 0.3) is 0 Å². The minimum atomic E-state index is 0.532. The van der Waals surface area contributed by atoms with Crippen molar-refractivity contribution >= 4 is 45.2 Å². The second kappa shape index (κ2) is 6.03. The van der Waals surface area contributed by atoms with Crippen LogP contribution in [0, 0.1) is 0 Å². The first-order valence-corrected chi connectivity index (χ1v) is 6.16. The van der Waals surface area contributed by atoms with Crippen LogP contribution in [0.15, 0.2) is 0 Å². The van der Waals surface area contributed by atoms with Crippen molar-refractivity contribution in [3.8, 4) is 0 Å². The maximum atomic E-state index is 2.57. The predicted octanol–water partition coefficient (Wildman–Crippen LogP) is 4.54. The minimum absolute atomic E-state index is 0.532. The van der Waals surface area contributed by atoms with E-state index in [1.54, 1.807) is 0 Å². The van der Waals surface area contributed by atoms with E-state index in [1.165, 1.54) is 32.1 Å². The molecule has 2 heteroatoms. The second-order valence-corrected chi connectivity index (χ2v) is 8.86. The molecule has 0 saturated heterocycles. The first-order valence-electron chi connectivity index (χ1n) is 4.00. The number of unbranched alkanes of at least 4 members (excludes halogenated alkanes) is 2. The van der Waals surface area contributed by atoms with Gasteiger partial charge in [0.05, 0.1) is 1.43 Å². The molecule has 0 amide bonds. The van der Waals surface area contributed by atoms with E-state index < -0.39 is 0 Å². The molecule has 0 aliphatic carbocycles. The lowest BCUT2D eigenvalue weighted by molar-refractivity contribution is 0.637. The van der Waals surface area contributed by atoms with Gasteiger partial charge in [0, 0.05) is 0 Å². The minimum Gasteiger partial charge on any atom is -0.0672 e. The fraction of sp³-hybridized carbons (Fsp3) is 1.00. The van der Waals surface area contributed by atoms with Crippen molar-refractivity contribution in [3.05, 3.63) is 0 Å². The second-order valence-electron chi connectivity index (χ2n) is 2.67. The van der Waals surface area contributed by atoms with Crippen molar-refractivity contribution in [1.29, 1.82) is 0 Å². The maximum Gasteiger partial charge on any atom is 0.0732 e. The summed E-state index contributed by atoms with van der Waals surface area (Å²) in [5.41, 5.74) is 0. The molecule has 0 aromatic heterocycles. The fourth-order valence-electron chi connectivity index (χ4n) is 0.810. The number of rotatable bonds is 5. The molecule has 0 aliphatic rings. The van der Waals surface area contributed by atoms with E-state index >= 15 is 0 Å². The third kappa shape index (κ3) is 6.19. The SMILES string of the molecule is CCCCCC(I)(I)CC. The highest BCUT2D eigenvalue weighted by Gasteiger charge is 2.17. The molecule has 10 heavy (non-hydrogen) atoms. The van der Waals surface area contributed by atoms with Crippen LogP contribution in [0.2, 0.25) is 0 Å². The summed E-state index contributed by atoms with van der Waals surface area (Å²) in [7, 11) is 0. The highest BCUT2D eigenvalue weighted by molar-refractivity contribution is 14.2. The van der Waals surface area contributed by atoms with Gasteiger partial charge in [-0.15, -0.1) is 0 Å². The van der Waals surface area contributed by atoms with E-state index in [0.717, 1.165) is 0 Å². The Kier molecular flexibility index (Phi) is 6.91. The molecular formula is C8H16I2. The number of hydrogen-bond acceptors (Lipinski definition) is 0. The molecule has 0 radical (unpaired) electrons. The summed E-state index contributed by atoms with van der Waals surface area (Å²) in [6, 6.07) is 0. The van der Waals surface area contributed by atoms with Crippen molar-refractivity contribution in [2.75, 3.05) is 0 Å². The molecule has 0 atom stereocenters. The van der Waals surface area contributed by atoms with Gasteiger partial charge in [0.1, 0.15) is 0 Å². The summed E-state index contributed by atoms with van der Waals surface area (Å²) in [6.45, 7) is 4.53. The van der Waals surface area contributed by atoms with Gasteiger partial charge in [-0.05, 0) is 12.8 Å². The van der Waals surface area contributed by atoms with E-state index in [-0.39, 0.29) is 0 Å². The standard InChI is InChI=1S/C8H16I2/c1-3-5-6-7-8(9,10)4-2/h3-7H2,1-2H3. The smallest absolute Gasteiger partial charge is 0.0672 e. The van der Waals surface area contributed by atoms with Crippen LogP contribution in [0.4, 0.5) is 0 Å². The van der Waals surface area contributed by atoms with E-state index in [9.17, 15) is 0 Å². The molecule has 0 saturated carbocycles. The van der Waals surface area contributed by atoms with Crippen molar-refractivity contribution in [3.63, 3.8) is 0 Å². The van der Waals surface area contributed by atoms with Crippen LogP contribution in [-0.2, 0) is 0 Å². The molecular weight excluding hydrogens is 350 g/mol. The Bertz CT molecular complexity index is 79.3. The van der Waals surface area contributed by atoms with E-state index in [4.69, 9.17) is 0 Å². The van der Waals surface area contributed by atoms with E-state index in [0.29, 0.717) is 1.43 Å². The number of alkyl halides is 2. The topological polar surface area (TPSA) is 0 Å². The molecule has 0 fully saturated rings. The van der Waals surface area contributed by atoms with Crippen LogP contribution in [0.25, 0.3) is 0 Å². The van der Waals surface area contributed by atoms with Crippen LogP contribution in [-0.4, -0.2) is 1.43 Å². The van der Waals surface area contributed by atoms with Crippen molar-refractivity contribution in [1.82, 2.24) is 0 Å². The molecule has 0 aliphatic heterocycles. The Hall–Kier alpha value is 1.46. The van der Waals surface area contributed by atoms with Crippen LogP contribution in [0.1, 0.15) is 46.0 Å². The molecule has 0 bridgehead atoms. The monoisotopic (exact) mass is 366 g/mol. The molecule has 0 nitrogen and oxygen atoms in total. The average Bonchev–Trinajstić information content (AvgIpc) is 1.89. The Morgan fingerprint density at radius 2 is 1.70 bits per heavy atom. The van der Waals surface area contributed by atoms with Crippen LogP contribution < -0.4 is 0 Å². The molecule has 0 N–H and O–H groups in total. The maximum absolute atomic E-state index is 2.57. The van der Waals surface area contributed by atoms with Gasteiger partial charge >= 0.3 is 0 Å². The zero-order valence-corrected chi connectivity index (χ0v) is 11.1. The van der Waals surface area contributed by atoms with Gasteiger partial charge in [-0.25, -0.2) is 0 Å². The average molecular weight is 366 g/mol. The largest absolute Gasteiger partial charge is 0.0732 e. The lowest BCUT2D eigenvalue weighted by Crippen LogP contribution is -2.07. The van der Waals surface area contributed by atoms with Crippen molar-refractivity contribution in [2.24, 2.45) is 0 Å². The van der Waals surface area contributed by atoms with Gasteiger partial charge in [-0.1, -0.05) is 78.3 Å². The fourth-order valence-corrected chi connectivity index (χ4v) is 1.57. The van der Waals surface area contributed by atoms with Crippen LogP contribution in [0.3, 0.4) is 0 Å². The molecule has 0 spiro atoms. The van der Waals surface area contributed by atoms with Gasteiger partial charge in [0.15, 0.2) is 0 Å². The van der Waals surface area contributed by atoms with Crippen LogP contribution >= 0.6 is 45.2 Å². The van der Waals surface area contributed by atoms with Crippen LogP contribution in [0.5, 0.6) is 0 Å². The summed E-state index contributed by atoms with van der Waals surface area (Å²) in [4.78, 5) is 0. The first kappa shape index (κ1) is 11.5. The quantitative estimate of drug-likeness (QED) is 0.381. The Labute approximate surface area is 91.8 Å². The van der Waals surface area contributed by atoms with E-state index in [2.05, 4.69) is 59.0 Å². The molecule has 0 aromatic carbocycles. The van der Waals surface area contributed by atoms with Gasteiger partial charge in [0.2, 0.25) is 0 Å². The van der Waals surface area contributed by atoms with Gasteiger partial charge in [-0.2, -0.15) is 0 Å². The normalized spacial score (nSPS) is 12.0. The number of halogens is 2. The zero-order chi connectivity index (χ0) is 8.04. The molecule has 0 aromatic rings. The molecule has 0 unspecified atom stereocenters. The van der Waals surface area contributed by atoms with Gasteiger partial charge in [-0.3, -0.25) is 0 Å². The Morgan fingerprint density at radius 3 is 2.10 bits per heavy atom. The van der Waals surface area contributed by atoms with Crippen molar-refractivity contribution < 1.29 is 0 Å². The third-order valence-corrected chi connectivity index (χ3v) is 4.27. The molecule has 0 heterocycles. The summed E-state index contributed by atoms with van der Waals surface area (Å²) >= 11 is 5.13. The lowest BCUT2D eigenvalue weighted by atomic mass is 10.1. The van der Waals surface area contributed by atoms with Crippen molar-refractivity contribution in [2.45, 2.75) is 47.4 Å². The lowest BCUT2D eigenvalue weighted by Gasteiger charge is -2.17. The Morgan fingerprint density at radius 1 is 1.10 bits per heavy atom. The predicted molar refractivity (Wildman–Crippen MR) is 65.2 cm³/mol. The van der Waals surface area contributed by atoms with E-state index in [1.807, 2.05) is 0 Å². The summed E-state index contributed by atoms with van der Waals surface area (Å²) < 4.78 is 0.532. The van der Waals surface area contributed by atoms with Gasteiger partial charge < -0.3 is 0 Å².